The summed E-state index contributed by atoms with van der Waals surface area (Å²) in [5.74, 6) is -0.407. The third-order valence-electron chi connectivity index (χ3n) is 4.48. The monoisotopic (exact) mass is 413 g/mol. The van der Waals surface area contributed by atoms with E-state index >= 15 is 0 Å². The smallest absolute Gasteiger partial charge is 0.340 e. The van der Waals surface area contributed by atoms with Crippen molar-refractivity contribution in [3.8, 4) is 0 Å². The second-order valence-corrected chi connectivity index (χ2v) is 7.81. The van der Waals surface area contributed by atoms with Gasteiger partial charge >= 0.3 is 5.97 Å². The first-order valence-electron chi connectivity index (χ1n) is 9.67. The van der Waals surface area contributed by atoms with E-state index in [0.717, 1.165) is 12.0 Å². The van der Waals surface area contributed by atoms with Crippen LogP contribution < -0.4 is 5.32 Å². The van der Waals surface area contributed by atoms with Crippen LogP contribution in [-0.4, -0.2) is 36.1 Å². The summed E-state index contributed by atoms with van der Waals surface area (Å²) in [4.78, 5) is 36.9. The van der Waals surface area contributed by atoms with Crippen LogP contribution in [-0.2, 0) is 14.3 Å². The first kappa shape index (κ1) is 22.7. The number of Topliss-reactive ketones (excluding diaryl/α,β-unsaturated/α-hetero) is 1. The Morgan fingerprint density at radius 1 is 1.03 bits per heavy atom. The quantitative estimate of drug-likeness (QED) is 0.466. The fourth-order valence-corrected chi connectivity index (χ4v) is 3.65. The molecular formula is C23H27NO4S. The van der Waals surface area contributed by atoms with Crippen molar-refractivity contribution in [2.75, 3.05) is 12.3 Å². The molecule has 0 radical (unpaired) electrons. The molecule has 2 atom stereocenters. The van der Waals surface area contributed by atoms with E-state index in [-0.39, 0.29) is 23.4 Å². The summed E-state index contributed by atoms with van der Waals surface area (Å²) in [5, 5.41) is 2.88. The number of esters is 1. The van der Waals surface area contributed by atoms with Crippen LogP contribution in [0.25, 0.3) is 0 Å². The largest absolute Gasteiger partial charge is 0.449 e. The molecule has 2 aromatic carbocycles. The van der Waals surface area contributed by atoms with E-state index < -0.39 is 12.1 Å². The third-order valence-corrected chi connectivity index (χ3v) is 5.70. The zero-order valence-corrected chi connectivity index (χ0v) is 17.8. The van der Waals surface area contributed by atoms with Crippen molar-refractivity contribution in [3.63, 3.8) is 0 Å². The molecule has 0 aromatic heterocycles. The number of ether oxygens (including phenoxy) is 1. The Kier molecular flexibility index (Phi) is 8.93. The molecule has 2 aromatic rings. The van der Waals surface area contributed by atoms with E-state index in [1.54, 1.807) is 31.2 Å². The Morgan fingerprint density at radius 3 is 2.34 bits per heavy atom. The highest BCUT2D eigenvalue weighted by molar-refractivity contribution is 8.00. The zero-order valence-electron chi connectivity index (χ0n) is 17.0. The fourth-order valence-electron chi connectivity index (χ4n) is 2.81. The van der Waals surface area contributed by atoms with Gasteiger partial charge in [-0.15, -0.1) is 11.8 Å². The average Bonchev–Trinajstić information content (AvgIpc) is 2.73. The minimum Gasteiger partial charge on any atom is -0.449 e. The predicted octanol–water partition coefficient (Wildman–Crippen LogP) is 4.22. The van der Waals surface area contributed by atoms with Gasteiger partial charge in [-0.25, -0.2) is 4.79 Å². The highest BCUT2D eigenvalue weighted by Crippen LogP contribution is 2.24. The molecule has 5 nitrogen and oxygen atoms in total. The van der Waals surface area contributed by atoms with E-state index in [9.17, 15) is 14.4 Å². The second-order valence-electron chi connectivity index (χ2n) is 6.80. The number of ketones is 1. The van der Waals surface area contributed by atoms with Crippen LogP contribution in [0.2, 0.25) is 0 Å². The molecule has 0 saturated heterocycles. The van der Waals surface area contributed by atoms with Crippen LogP contribution in [0.5, 0.6) is 0 Å². The van der Waals surface area contributed by atoms with Gasteiger partial charge in [0.1, 0.15) is 5.78 Å². The standard InChI is InChI=1S/C23H27NO4S/c1-4-18(19-10-6-5-7-11-19)14-24-22(26)17(3)28-23(27)20-12-8-9-13-21(20)29-15-16(2)25/h5-13,17-18H,4,14-15H2,1-3H3,(H,24,26)/t17-,18-/m0/s1. The van der Waals surface area contributed by atoms with Gasteiger partial charge < -0.3 is 10.1 Å². The van der Waals surface area contributed by atoms with E-state index in [1.165, 1.54) is 18.7 Å². The number of hydrogen-bond acceptors (Lipinski definition) is 5. The van der Waals surface area contributed by atoms with Gasteiger partial charge in [-0.05, 0) is 38.0 Å². The third kappa shape index (κ3) is 7.06. The van der Waals surface area contributed by atoms with Gasteiger partial charge in [0.05, 0.1) is 11.3 Å². The van der Waals surface area contributed by atoms with Gasteiger partial charge in [-0.2, -0.15) is 0 Å². The molecule has 0 saturated carbocycles. The number of benzene rings is 2. The van der Waals surface area contributed by atoms with Crippen molar-refractivity contribution >= 4 is 29.4 Å². The van der Waals surface area contributed by atoms with E-state index in [4.69, 9.17) is 4.74 Å². The van der Waals surface area contributed by atoms with E-state index in [0.29, 0.717) is 17.0 Å². The van der Waals surface area contributed by atoms with Crippen LogP contribution in [0.15, 0.2) is 59.5 Å². The summed E-state index contributed by atoms with van der Waals surface area (Å²) >= 11 is 1.28. The summed E-state index contributed by atoms with van der Waals surface area (Å²) in [7, 11) is 0. The average molecular weight is 414 g/mol. The van der Waals surface area contributed by atoms with Gasteiger partial charge in [-0.1, -0.05) is 49.4 Å². The molecule has 0 bridgehead atoms. The molecule has 0 aliphatic carbocycles. The molecule has 0 aliphatic rings. The molecule has 154 valence electrons. The number of carbonyl (C=O) groups is 3. The number of nitrogens with one attached hydrogen (secondary N) is 1. The SMILES string of the molecule is CC[C@@H](CNC(=O)[C@H](C)OC(=O)c1ccccc1SCC(C)=O)c1ccccc1. The van der Waals surface area contributed by atoms with E-state index in [2.05, 4.69) is 12.2 Å². The molecule has 0 heterocycles. The van der Waals surface area contributed by atoms with Gasteiger partial charge in [0, 0.05) is 17.4 Å². The Morgan fingerprint density at radius 2 is 1.69 bits per heavy atom. The Labute approximate surface area is 176 Å². The van der Waals surface area contributed by atoms with Gasteiger partial charge in [0.25, 0.3) is 5.91 Å². The lowest BCUT2D eigenvalue weighted by Crippen LogP contribution is -2.38. The number of amides is 1. The van der Waals surface area contributed by atoms with Gasteiger partial charge in [0.15, 0.2) is 6.10 Å². The zero-order chi connectivity index (χ0) is 21.2. The van der Waals surface area contributed by atoms with Crippen molar-refractivity contribution in [1.82, 2.24) is 5.32 Å². The van der Waals surface area contributed by atoms with Crippen molar-refractivity contribution in [2.24, 2.45) is 0 Å². The van der Waals surface area contributed by atoms with Crippen molar-refractivity contribution in [3.05, 3.63) is 65.7 Å². The summed E-state index contributed by atoms with van der Waals surface area (Å²) in [6, 6.07) is 16.9. The molecule has 0 spiro atoms. The van der Waals surface area contributed by atoms with Crippen LogP contribution in [0.1, 0.15) is 49.0 Å². The topological polar surface area (TPSA) is 72.5 Å². The molecular weight excluding hydrogens is 386 g/mol. The normalized spacial score (nSPS) is 12.7. The van der Waals surface area contributed by atoms with Crippen LogP contribution >= 0.6 is 11.8 Å². The lowest BCUT2D eigenvalue weighted by Gasteiger charge is -2.19. The maximum Gasteiger partial charge on any atom is 0.340 e. The van der Waals surface area contributed by atoms with Crippen LogP contribution in [0, 0.1) is 0 Å². The number of thioether (sulfide) groups is 1. The molecule has 0 unspecified atom stereocenters. The van der Waals surface area contributed by atoms with Gasteiger partial charge in [-0.3, -0.25) is 9.59 Å². The number of rotatable bonds is 10. The number of carbonyl (C=O) groups excluding carboxylic acids is 3. The van der Waals surface area contributed by atoms with Crippen molar-refractivity contribution in [1.29, 1.82) is 0 Å². The van der Waals surface area contributed by atoms with Crippen LogP contribution in [0.3, 0.4) is 0 Å². The molecule has 6 heteroatoms. The van der Waals surface area contributed by atoms with Crippen molar-refractivity contribution < 1.29 is 19.1 Å². The summed E-state index contributed by atoms with van der Waals surface area (Å²) < 4.78 is 5.37. The Bertz CT molecular complexity index is 838. The predicted molar refractivity (Wildman–Crippen MR) is 115 cm³/mol. The maximum atomic E-state index is 12.5. The molecule has 1 amide bonds. The maximum absolute atomic E-state index is 12.5. The molecule has 0 aliphatic heterocycles. The lowest BCUT2D eigenvalue weighted by molar-refractivity contribution is -0.129. The first-order valence-corrected chi connectivity index (χ1v) is 10.7. The minimum absolute atomic E-state index is 0.0230. The Hall–Kier alpha value is -2.60. The van der Waals surface area contributed by atoms with E-state index in [1.807, 2.05) is 30.3 Å². The highest BCUT2D eigenvalue weighted by atomic mass is 32.2. The Balaban J connectivity index is 1.94. The first-order chi connectivity index (χ1) is 13.9. The molecule has 1 N–H and O–H groups in total. The minimum atomic E-state index is -0.915. The van der Waals surface area contributed by atoms with Crippen molar-refractivity contribution in [2.45, 2.75) is 44.1 Å². The summed E-state index contributed by atoms with van der Waals surface area (Å²) in [6.07, 6.45) is -0.0270. The summed E-state index contributed by atoms with van der Waals surface area (Å²) in [5.41, 5.74) is 1.52. The van der Waals surface area contributed by atoms with Gasteiger partial charge in [0.2, 0.25) is 0 Å². The lowest BCUT2D eigenvalue weighted by atomic mass is 9.96. The fraction of sp³-hybridized carbons (Fsp3) is 0.348. The molecule has 29 heavy (non-hydrogen) atoms. The summed E-state index contributed by atoms with van der Waals surface area (Å²) in [6.45, 7) is 5.61. The molecule has 2 rings (SSSR count). The van der Waals surface area contributed by atoms with Crippen LogP contribution in [0.4, 0.5) is 0 Å². The molecule has 0 fully saturated rings. The highest BCUT2D eigenvalue weighted by Gasteiger charge is 2.22. The number of hydrogen-bond donors (Lipinski definition) is 1. The second kappa shape index (κ2) is 11.4.